The third-order valence-electron chi connectivity index (χ3n) is 3.45. The summed E-state index contributed by atoms with van der Waals surface area (Å²) in [5.74, 6) is -1.87. The van der Waals surface area contributed by atoms with Crippen LogP contribution < -0.4 is 11.1 Å². The summed E-state index contributed by atoms with van der Waals surface area (Å²) < 4.78 is 0. The molecule has 5 N–H and O–H groups in total. The van der Waals surface area contributed by atoms with E-state index < -0.39 is 24.1 Å². The number of primary amides is 1. The van der Waals surface area contributed by atoms with Gasteiger partial charge in [-0.15, -0.1) is 11.3 Å². The van der Waals surface area contributed by atoms with Crippen molar-refractivity contribution in [1.29, 1.82) is 5.41 Å². The molecule has 9 nitrogen and oxygen atoms in total. The zero-order valence-electron chi connectivity index (χ0n) is 13.1. The highest BCUT2D eigenvalue weighted by atomic mass is 32.1. The summed E-state index contributed by atoms with van der Waals surface area (Å²) in [6, 6.07) is -0.182. The highest BCUT2D eigenvalue weighted by Gasteiger charge is 2.24. The molecule has 2 aliphatic heterocycles. The molecule has 1 aromatic rings. The number of aromatic nitrogens is 1. The van der Waals surface area contributed by atoms with Crippen LogP contribution in [0.5, 0.6) is 0 Å². The first-order valence-electron chi connectivity index (χ1n) is 7.22. The molecular formula is C15H14N6O3S. The number of nitrogens with one attached hydrogen (secondary N) is 2. The van der Waals surface area contributed by atoms with E-state index in [0.717, 1.165) is 22.7 Å². The highest BCUT2D eigenvalue weighted by molar-refractivity contribution is 7.16. The Morgan fingerprint density at radius 2 is 2.24 bits per heavy atom. The van der Waals surface area contributed by atoms with Gasteiger partial charge in [0.2, 0.25) is 0 Å². The minimum Gasteiger partial charge on any atom is -0.480 e. The molecule has 0 fully saturated rings. The van der Waals surface area contributed by atoms with Gasteiger partial charge >= 0.3 is 5.97 Å². The standard InChI is InChI=1S/C15H14N6O3S/c1-6-2-8-9(20-6)3-7(4-18-8)15-21-14(19-5-10(22)23)12(25-15)11(16)13(17)24/h2-4,9,16,19H,5H2,1H3,(H2,17,24)(H,22,23). The first-order valence-corrected chi connectivity index (χ1v) is 8.04. The van der Waals surface area contributed by atoms with E-state index in [0.29, 0.717) is 10.6 Å². The molecule has 1 aromatic heterocycles. The number of nitrogens with two attached hydrogens (primary N) is 1. The second kappa shape index (κ2) is 6.40. The molecule has 0 aliphatic carbocycles. The lowest BCUT2D eigenvalue weighted by molar-refractivity contribution is -0.134. The van der Waals surface area contributed by atoms with Gasteiger partial charge in [0, 0.05) is 17.5 Å². The predicted octanol–water partition coefficient (Wildman–Crippen LogP) is 0.688. The Bertz CT molecular complexity index is 908. The zero-order chi connectivity index (χ0) is 18.1. The maximum atomic E-state index is 11.3. The van der Waals surface area contributed by atoms with Gasteiger partial charge in [-0.05, 0) is 19.1 Å². The molecule has 2 aliphatic rings. The number of nitrogens with zero attached hydrogens (tertiary/aromatic N) is 3. The minimum absolute atomic E-state index is 0.132. The van der Waals surface area contributed by atoms with Gasteiger partial charge in [-0.2, -0.15) is 0 Å². The van der Waals surface area contributed by atoms with E-state index in [1.807, 2.05) is 19.1 Å². The van der Waals surface area contributed by atoms with Crippen molar-refractivity contribution < 1.29 is 14.7 Å². The number of aliphatic imine (C=N–C) groups is 2. The molecule has 3 rings (SSSR count). The summed E-state index contributed by atoms with van der Waals surface area (Å²) in [5, 5.41) is 19.7. The number of hydrogen-bond donors (Lipinski definition) is 4. The van der Waals surface area contributed by atoms with Crippen LogP contribution >= 0.6 is 11.3 Å². The van der Waals surface area contributed by atoms with E-state index in [9.17, 15) is 9.59 Å². The predicted molar refractivity (Wildman–Crippen MR) is 95.7 cm³/mol. The van der Waals surface area contributed by atoms with Crippen LogP contribution in [0.25, 0.3) is 5.57 Å². The highest BCUT2D eigenvalue weighted by Crippen LogP contribution is 2.32. The number of carbonyl (C=O) groups is 2. The number of fused-ring (bicyclic) bond motifs is 1. The summed E-state index contributed by atoms with van der Waals surface area (Å²) >= 11 is 1.07. The van der Waals surface area contributed by atoms with E-state index in [4.69, 9.17) is 16.2 Å². The fourth-order valence-corrected chi connectivity index (χ4v) is 3.33. The number of thiazole rings is 1. The Labute approximate surface area is 146 Å². The van der Waals surface area contributed by atoms with Gasteiger partial charge in [-0.25, -0.2) is 4.98 Å². The Kier molecular flexibility index (Phi) is 4.28. The van der Waals surface area contributed by atoms with Crippen molar-refractivity contribution >= 4 is 52.2 Å². The first kappa shape index (κ1) is 16.7. The van der Waals surface area contributed by atoms with Gasteiger partial charge < -0.3 is 16.2 Å². The van der Waals surface area contributed by atoms with Gasteiger partial charge in [0.25, 0.3) is 5.91 Å². The molecule has 0 saturated heterocycles. The number of carbonyl (C=O) groups excluding carboxylic acids is 1. The third kappa shape index (κ3) is 3.38. The lowest BCUT2D eigenvalue weighted by atomic mass is 10.1. The molecule has 0 aromatic carbocycles. The average Bonchev–Trinajstić information content (AvgIpc) is 3.13. The molecule has 3 heterocycles. The van der Waals surface area contributed by atoms with Crippen molar-refractivity contribution in [1.82, 2.24) is 4.98 Å². The van der Waals surface area contributed by atoms with Crippen LogP contribution in [0, 0.1) is 5.41 Å². The van der Waals surface area contributed by atoms with Crippen LogP contribution in [-0.2, 0) is 9.59 Å². The number of aliphatic carboxylic acids is 1. The van der Waals surface area contributed by atoms with Crippen molar-refractivity contribution in [2.45, 2.75) is 13.0 Å². The molecular weight excluding hydrogens is 344 g/mol. The Morgan fingerprint density at radius 3 is 2.92 bits per heavy atom. The summed E-state index contributed by atoms with van der Waals surface area (Å²) in [4.78, 5) is 35.4. The van der Waals surface area contributed by atoms with Crippen molar-refractivity contribution in [2.75, 3.05) is 11.9 Å². The van der Waals surface area contributed by atoms with Gasteiger partial charge in [0.05, 0.1) is 5.70 Å². The van der Waals surface area contributed by atoms with E-state index in [2.05, 4.69) is 20.3 Å². The van der Waals surface area contributed by atoms with Gasteiger partial charge in [-0.1, -0.05) is 0 Å². The average molecular weight is 358 g/mol. The normalized spacial score (nSPS) is 18.1. The number of allylic oxidation sites excluding steroid dienone is 2. The molecule has 0 radical (unpaired) electrons. The second-order valence-corrected chi connectivity index (χ2v) is 6.35. The molecule has 0 spiro atoms. The van der Waals surface area contributed by atoms with Crippen LogP contribution in [0.1, 0.15) is 16.8 Å². The Hall–Kier alpha value is -3.14. The van der Waals surface area contributed by atoms with Crippen LogP contribution in [0.2, 0.25) is 0 Å². The minimum atomic E-state index is -1.09. The number of carboxylic acid groups (broad SMARTS) is 1. The van der Waals surface area contributed by atoms with Gasteiger partial charge in [0.1, 0.15) is 34.0 Å². The third-order valence-corrected chi connectivity index (χ3v) is 4.57. The van der Waals surface area contributed by atoms with Crippen molar-refractivity contribution in [3.05, 3.63) is 27.7 Å². The topological polar surface area (TPSA) is 154 Å². The second-order valence-electron chi connectivity index (χ2n) is 5.35. The monoisotopic (exact) mass is 358 g/mol. The van der Waals surface area contributed by atoms with Crippen LogP contribution in [0.3, 0.4) is 0 Å². The Balaban J connectivity index is 1.96. The smallest absolute Gasteiger partial charge is 0.322 e. The molecule has 128 valence electrons. The SMILES string of the molecule is CC1=NC2C=C(c3nc(NCC(=O)O)c(C(=N)C(N)=O)s3)C=NC2=C1. The maximum Gasteiger partial charge on any atom is 0.322 e. The van der Waals surface area contributed by atoms with E-state index in [-0.39, 0.29) is 16.7 Å². The fourth-order valence-electron chi connectivity index (χ4n) is 2.35. The molecule has 25 heavy (non-hydrogen) atoms. The van der Waals surface area contributed by atoms with Crippen molar-refractivity contribution in [3.8, 4) is 0 Å². The Morgan fingerprint density at radius 1 is 1.48 bits per heavy atom. The summed E-state index contributed by atoms with van der Waals surface area (Å²) in [7, 11) is 0. The van der Waals surface area contributed by atoms with E-state index >= 15 is 0 Å². The van der Waals surface area contributed by atoms with Gasteiger partial charge in [-0.3, -0.25) is 25.0 Å². The van der Waals surface area contributed by atoms with Crippen LogP contribution in [-0.4, -0.2) is 52.2 Å². The quantitative estimate of drug-likeness (QED) is 0.551. The number of rotatable bonds is 6. The number of carboxylic acids is 1. The number of amides is 1. The summed E-state index contributed by atoms with van der Waals surface area (Å²) in [6.07, 6.45) is 5.41. The fraction of sp³-hybridized carbons (Fsp3) is 0.200. The molecule has 10 heteroatoms. The van der Waals surface area contributed by atoms with E-state index in [1.165, 1.54) is 0 Å². The zero-order valence-corrected chi connectivity index (χ0v) is 13.9. The lowest BCUT2D eigenvalue weighted by Gasteiger charge is -2.10. The molecule has 0 saturated carbocycles. The maximum absolute atomic E-state index is 11.3. The first-order chi connectivity index (χ1) is 11.8. The van der Waals surface area contributed by atoms with Crippen molar-refractivity contribution in [2.24, 2.45) is 15.7 Å². The summed E-state index contributed by atoms with van der Waals surface area (Å²) in [5.41, 5.74) is 7.15. The largest absolute Gasteiger partial charge is 0.480 e. The van der Waals surface area contributed by atoms with E-state index in [1.54, 1.807) is 6.21 Å². The number of anilines is 1. The van der Waals surface area contributed by atoms with Crippen molar-refractivity contribution in [3.63, 3.8) is 0 Å². The number of hydrogen-bond acceptors (Lipinski definition) is 8. The molecule has 1 unspecified atom stereocenters. The molecule has 1 atom stereocenters. The van der Waals surface area contributed by atoms with Crippen LogP contribution in [0.15, 0.2) is 27.8 Å². The molecule has 1 amide bonds. The van der Waals surface area contributed by atoms with Gasteiger partial charge in [0.15, 0.2) is 0 Å². The lowest BCUT2D eigenvalue weighted by Crippen LogP contribution is -2.24. The number of dihydropyridines is 1. The summed E-state index contributed by atoms with van der Waals surface area (Å²) in [6.45, 7) is 1.49. The van der Waals surface area contributed by atoms with Crippen LogP contribution in [0.4, 0.5) is 5.82 Å². The molecule has 0 bridgehead atoms.